The lowest BCUT2D eigenvalue weighted by Crippen LogP contribution is -2.18. The monoisotopic (exact) mass is 293 g/mol. The number of rotatable bonds is 2. The van der Waals surface area contributed by atoms with Gasteiger partial charge in [0.15, 0.2) is 0 Å². The highest BCUT2D eigenvalue weighted by Gasteiger charge is 2.07. The SMILES string of the molecule is O=C(O)c1ccn(-c2ccccc2Br)c(=O)c1. The molecular weight excluding hydrogens is 286 g/mol. The van der Waals surface area contributed by atoms with Crippen LogP contribution in [0.5, 0.6) is 0 Å². The van der Waals surface area contributed by atoms with Crippen LogP contribution in [0.15, 0.2) is 51.9 Å². The van der Waals surface area contributed by atoms with Crippen LogP contribution in [-0.4, -0.2) is 15.6 Å². The molecule has 0 saturated carbocycles. The maximum absolute atomic E-state index is 11.8. The van der Waals surface area contributed by atoms with Crippen molar-refractivity contribution in [2.75, 3.05) is 0 Å². The maximum atomic E-state index is 11.8. The van der Waals surface area contributed by atoms with Gasteiger partial charge < -0.3 is 5.11 Å². The second-order valence-corrected chi connectivity index (χ2v) is 4.23. The van der Waals surface area contributed by atoms with Crippen molar-refractivity contribution in [3.8, 4) is 5.69 Å². The van der Waals surface area contributed by atoms with Crippen molar-refractivity contribution >= 4 is 21.9 Å². The first-order chi connectivity index (χ1) is 8.09. The number of halogens is 1. The molecule has 0 fully saturated rings. The Balaban J connectivity index is 2.59. The molecule has 0 amide bonds. The average molecular weight is 294 g/mol. The zero-order valence-electron chi connectivity index (χ0n) is 8.63. The number of nitrogens with zero attached hydrogens (tertiary/aromatic N) is 1. The molecule has 0 saturated heterocycles. The molecule has 0 spiro atoms. The average Bonchev–Trinajstić information content (AvgIpc) is 2.30. The highest BCUT2D eigenvalue weighted by Crippen LogP contribution is 2.18. The number of carbonyl (C=O) groups is 1. The number of benzene rings is 1. The van der Waals surface area contributed by atoms with Gasteiger partial charge in [-0.25, -0.2) is 4.79 Å². The number of para-hydroxylation sites is 1. The minimum atomic E-state index is -1.11. The Labute approximate surface area is 105 Å². The fraction of sp³-hybridized carbons (Fsp3) is 0. The number of carboxylic acid groups (broad SMARTS) is 1. The quantitative estimate of drug-likeness (QED) is 0.924. The van der Waals surface area contributed by atoms with E-state index < -0.39 is 5.97 Å². The summed E-state index contributed by atoms with van der Waals surface area (Å²) in [5.74, 6) is -1.11. The van der Waals surface area contributed by atoms with Crippen LogP contribution in [0.4, 0.5) is 0 Å². The van der Waals surface area contributed by atoms with E-state index in [-0.39, 0.29) is 11.1 Å². The van der Waals surface area contributed by atoms with Crippen LogP contribution in [0.3, 0.4) is 0 Å². The van der Waals surface area contributed by atoms with Gasteiger partial charge in [0, 0.05) is 16.7 Å². The molecule has 0 atom stereocenters. The number of aromatic carboxylic acids is 1. The first-order valence-corrected chi connectivity index (χ1v) is 5.60. The molecule has 5 heteroatoms. The van der Waals surface area contributed by atoms with Crippen molar-refractivity contribution in [2.24, 2.45) is 0 Å². The zero-order valence-corrected chi connectivity index (χ0v) is 10.2. The van der Waals surface area contributed by atoms with Crippen molar-refractivity contribution < 1.29 is 9.90 Å². The predicted molar refractivity (Wildman–Crippen MR) is 66.7 cm³/mol. The molecule has 4 nitrogen and oxygen atoms in total. The Morgan fingerprint density at radius 1 is 1.24 bits per heavy atom. The lowest BCUT2D eigenvalue weighted by atomic mass is 10.2. The minimum Gasteiger partial charge on any atom is -0.478 e. The van der Waals surface area contributed by atoms with Gasteiger partial charge in [-0.2, -0.15) is 0 Å². The summed E-state index contributed by atoms with van der Waals surface area (Å²) in [6.07, 6.45) is 1.45. The summed E-state index contributed by atoms with van der Waals surface area (Å²) in [6.45, 7) is 0. The van der Waals surface area contributed by atoms with Gasteiger partial charge in [0.25, 0.3) is 5.56 Å². The third kappa shape index (κ3) is 2.29. The van der Waals surface area contributed by atoms with E-state index in [4.69, 9.17) is 5.11 Å². The Kier molecular flexibility index (Phi) is 3.10. The van der Waals surface area contributed by atoms with Crippen LogP contribution >= 0.6 is 15.9 Å². The van der Waals surface area contributed by atoms with Crippen molar-refractivity contribution in [1.29, 1.82) is 0 Å². The third-order valence-corrected chi connectivity index (χ3v) is 2.95. The summed E-state index contributed by atoms with van der Waals surface area (Å²) in [4.78, 5) is 22.5. The normalized spacial score (nSPS) is 10.2. The van der Waals surface area contributed by atoms with E-state index in [0.29, 0.717) is 5.69 Å². The van der Waals surface area contributed by atoms with E-state index in [2.05, 4.69) is 15.9 Å². The topological polar surface area (TPSA) is 59.3 Å². The molecule has 1 N–H and O–H groups in total. The zero-order chi connectivity index (χ0) is 12.4. The summed E-state index contributed by atoms with van der Waals surface area (Å²) >= 11 is 3.34. The molecule has 2 aromatic rings. The lowest BCUT2D eigenvalue weighted by molar-refractivity contribution is 0.0696. The molecule has 0 unspecified atom stereocenters. The summed E-state index contributed by atoms with van der Waals surface area (Å²) in [5.41, 5.74) is 0.282. The van der Waals surface area contributed by atoms with Crippen LogP contribution in [0, 0.1) is 0 Å². The number of aromatic nitrogens is 1. The van der Waals surface area contributed by atoms with Gasteiger partial charge >= 0.3 is 5.97 Å². The lowest BCUT2D eigenvalue weighted by Gasteiger charge is -2.07. The Morgan fingerprint density at radius 2 is 1.94 bits per heavy atom. The molecule has 0 aliphatic heterocycles. The van der Waals surface area contributed by atoms with Gasteiger partial charge in [0.05, 0.1) is 11.3 Å². The van der Waals surface area contributed by atoms with E-state index in [9.17, 15) is 9.59 Å². The van der Waals surface area contributed by atoms with Crippen molar-refractivity contribution in [2.45, 2.75) is 0 Å². The standard InChI is InChI=1S/C12H8BrNO3/c13-9-3-1-2-4-10(9)14-6-5-8(12(16)17)7-11(14)15/h1-7H,(H,16,17). The van der Waals surface area contributed by atoms with Gasteiger partial charge in [-0.05, 0) is 34.1 Å². The second-order valence-electron chi connectivity index (χ2n) is 3.38. The van der Waals surface area contributed by atoms with Gasteiger partial charge in [0.1, 0.15) is 0 Å². The van der Waals surface area contributed by atoms with Gasteiger partial charge in [0.2, 0.25) is 0 Å². The molecule has 1 aromatic heterocycles. The third-order valence-electron chi connectivity index (χ3n) is 2.28. The molecule has 17 heavy (non-hydrogen) atoms. The van der Waals surface area contributed by atoms with Crippen LogP contribution in [0.2, 0.25) is 0 Å². The largest absolute Gasteiger partial charge is 0.478 e. The van der Waals surface area contributed by atoms with Gasteiger partial charge in [-0.1, -0.05) is 12.1 Å². The number of carboxylic acids is 1. The number of hydrogen-bond donors (Lipinski definition) is 1. The number of hydrogen-bond acceptors (Lipinski definition) is 2. The van der Waals surface area contributed by atoms with Crippen molar-refractivity contribution in [3.63, 3.8) is 0 Å². The summed E-state index contributed by atoms with van der Waals surface area (Å²) in [6, 6.07) is 9.71. The van der Waals surface area contributed by atoms with E-state index >= 15 is 0 Å². The highest BCUT2D eigenvalue weighted by molar-refractivity contribution is 9.10. The first kappa shape index (κ1) is 11.6. The van der Waals surface area contributed by atoms with Gasteiger partial charge in [-0.15, -0.1) is 0 Å². The second kappa shape index (κ2) is 4.55. The molecule has 0 radical (unpaired) electrons. The Bertz CT molecular complexity index is 634. The maximum Gasteiger partial charge on any atom is 0.335 e. The van der Waals surface area contributed by atoms with E-state index in [1.54, 1.807) is 12.1 Å². The molecular formula is C12H8BrNO3. The highest BCUT2D eigenvalue weighted by atomic mass is 79.9. The smallest absolute Gasteiger partial charge is 0.335 e. The minimum absolute atomic E-state index is 0.0155. The van der Waals surface area contributed by atoms with Crippen LogP contribution in [-0.2, 0) is 0 Å². The molecule has 2 rings (SSSR count). The first-order valence-electron chi connectivity index (χ1n) is 4.80. The van der Waals surface area contributed by atoms with Crippen LogP contribution in [0.25, 0.3) is 5.69 Å². The van der Waals surface area contributed by atoms with E-state index in [1.807, 2.05) is 12.1 Å². The molecule has 0 aliphatic carbocycles. The van der Waals surface area contributed by atoms with Crippen molar-refractivity contribution in [3.05, 3.63) is 63.0 Å². The number of pyridine rings is 1. The van der Waals surface area contributed by atoms with E-state index in [1.165, 1.54) is 16.8 Å². The van der Waals surface area contributed by atoms with Crippen LogP contribution in [0.1, 0.15) is 10.4 Å². The summed E-state index contributed by atoms with van der Waals surface area (Å²) in [7, 11) is 0. The Morgan fingerprint density at radius 3 is 2.53 bits per heavy atom. The van der Waals surface area contributed by atoms with Gasteiger partial charge in [-0.3, -0.25) is 9.36 Å². The summed E-state index contributed by atoms with van der Waals surface area (Å²) < 4.78 is 2.15. The summed E-state index contributed by atoms with van der Waals surface area (Å²) in [5, 5.41) is 8.77. The fourth-order valence-corrected chi connectivity index (χ4v) is 1.93. The molecule has 0 bridgehead atoms. The predicted octanol–water partition coefficient (Wildman–Crippen LogP) is 2.30. The van der Waals surface area contributed by atoms with E-state index in [0.717, 1.165) is 10.5 Å². The molecule has 0 aliphatic rings. The molecule has 1 aromatic carbocycles. The fourth-order valence-electron chi connectivity index (χ4n) is 1.46. The van der Waals surface area contributed by atoms with Crippen LogP contribution < -0.4 is 5.56 Å². The van der Waals surface area contributed by atoms with Crippen molar-refractivity contribution in [1.82, 2.24) is 4.57 Å². The Hall–Kier alpha value is -1.88. The molecule has 86 valence electrons. The molecule has 1 heterocycles.